The van der Waals surface area contributed by atoms with E-state index in [0.717, 1.165) is 16.8 Å². The first-order valence-electron chi connectivity index (χ1n) is 6.25. The molecule has 22 heavy (non-hydrogen) atoms. The fraction of sp³-hybridized carbons (Fsp3) is 0.0714. The van der Waals surface area contributed by atoms with Crippen LogP contribution < -0.4 is 10.5 Å². The Morgan fingerprint density at radius 2 is 2.05 bits per heavy atom. The molecule has 3 rings (SSSR count). The lowest BCUT2D eigenvalue weighted by Gasteiger charge is -2.05. The average Bonchev–Trinajstić information content (AvgIpc) is 3.01. The molecule has 112 valence electrons. The lowest BCUT2D eigenvalue weighted by atomic mass is 10.2. The Balaban J connectivity index is 2.06. The van der Waals surface area contributed by atoms with E-state index < -0.39 is 11.6 Å². The standard InChI is InChI=1S/C14H11F2N5O/c1-22-9-4-8(5-18-6-9)12-7-21(20-19-12)14-10(15)2-3-11(17)13(14)16/h2-7H,17H2,1H3. The number of nitrogens with zero attached hydrogens (tertiary/aromatic N) is 4. The molecule has 2 aromatic heterocycles. The topological polar surface area (TPSA) is 78.9 Å². The minimum Gasteiger partial charge on any atom is -0.495 e. The number of benzene rings is 1. The van der Waals surface area contributed by atoms with E-state index in [1.807, 2.05) is 0 Å². The third-order valence-electron chi connectivity index (χ3n) is 3.06. The van der Waals surface area contributed by atoms with E-state index >= 15 is 0 Å². The highest BCUT2D eigenvalue weighted by Gasteiger charge is 2.16. The highest BCUT2D eigenvalue weighted by molar-refractivity contribution is 5.59. The molecule has 0 aliphatic carbocycles. The summed E-state index contributed by atoms with van der Waals surface area (Å²) in [7, 11) is 1.51. The number of methoxy groups -OCH3 is 1. The molecule has 2 heterocycles. The van der Waals surface area contributed by atoms with Crippen molar-refractivity contribution >= 4 is 5.69 Å². The van der Waals surface area contributed by atoms with Gasteiger partial charge in [0.2, 0.25) is 0 Å². The number of pyridine rings is 1. The number of ether oxygens (including phenoxy) is 1. The Labute approximate surface area is 124 Å². The number of aromatic nitrogens is 4. The lowest BCUT2D eigenvalue weighted by molar-refractivity contribution is 0.413. The van der Waals surface area contributed by atoms with Gasteiger partial charge in [-0.05, 0) is 18.2 Å². The van der Waals surface area contributed by atoms with E-state index in [1.54, 1.807) is 12.3 Å². The van der Waals surface area contributed by atoms with Crippen LogP contribution in [0.15, 0.2) is 36.8 Å². The first kappa shape index (κ1) is 13.9. The van der Waals surface area contributed by atoms with Gasteiger partial charge < -0.3 is 10.5 Å². The number of hydrogen-bond donors (Lipinski definition) is 1. The summed E-state index contributed by atoms with van der Waals surface area (Å²) in [5.74, 6) is -1.14. The largest absolute Gasteiger partial charge is 0.495 e. The molecular weight excluding hydrogens is 292 g/mol. The molecule has 0 atom stereocenters. The number of halogens is 2. The van der Waals surface area contributed by atoms with Gasteiger partial charge in [-0.15, -0.1) is 5.10 Å². The van der Waals surface area contributed by atoms with Gasteiger partial charge in [-0.3, -0.25) is 4.98 Å². The van der Waals surface area contributed by atoms with Crippen LogP contribution in [0.3, 0.4) is 0 Å². The van der Waals surface area contributed by atoms with Gasteiger partial charge in [0.25, 0.3) is 0 Å². The predicted octanol–water partition coefficient (Wildman–Crippen LogP) is 2.20. The highest BCUT2D eigenvalue weighted by atomic mass is 19.1. The second kappa shape index (κ2) is 5.40. The molecule has 0 saturated carbocycles. The monoisotopic (exact) mass is 303 g/mol. The molecule has 0 fully saturated rings. The predicted molar refractivity (Wildman–Crippen MR) is 75.5 cm³/mol. The van der Waals surface area contributed by atoms with Crippen LogP contribution in [-0.2, 0) is 0 Å². The summed E-state index contributed by atoms with van der Waals surface area (Å²) in [6.45, 7) is 0. The van der Waals surface area contributed by atoms with Crippen LogP contribution >= 0.6 is 0 Å². The summed E-state index contributed by atoms with van der Waals surface area (Å²) in [6.07, 6.45) is 4.46. The molecule has 8 heteroatoms. The van der Waals surface area contributed by atoms with Gasteiger partial charge in [0, 0.05) is 11.8 Å². The quantitative estimate of drug-likeness (QED) is 0.750. The van der Waals surface area contributed by atoms with Gasteiger partial charge in [0.05, 0.1) is 25.2 Å². The molecule has 0 aliphatic rings. The van der Waals surface area contributed by atoms with Crippen LogP contribution in [0.25, 0.3) is 16.9 Å². The number of hydrogen-bond acceptors (Lipinski definition) is 5. The van der Waals surface area contributed by atoms with Crippen LogP contribution in [-0.4, -0.2) is 27.1 Å². The van der Waals surface area contributed by atoms with Crippen molar-refractivity contribution in [2.24, 2.45) is 0 Å². The lowest BCUT2D eigenvalue weighted by Crippen LogP contribution is -2.05. The summed E-state index contributed by atoms with van der Waals surface area (Å²) in [4.78, 5) is 3.99. The molecule has 6 nitrogen and oxygen atoms in total. The number of nitrogens with two attached hydrogens (primary N) is 1. The molecule has 3 aromatic rings. The maximum atomic E-state index is 14.0. The summed E-state index contributed by atoms with van der Waals surface area (Å²) in [6, 6.07) is 3.91. The third-order valence-corrected chi connectivity index (χ3v) is 3.06. The van der Waals surface area contributed by atoms with Crippen molar-refractivity contribution < 1.29 is 13.5 Å². The average molecular weight is 303 g/mol. The third kappa shape index (κ3) is 2.34. The zero-order chi connectivity index (χ0) is 15.7. The van der Waals surface area contributed by atoms with E-state index in [9.17, 15) is 8.78 Å². The van der Waals surface area contributed by atoms with Crippen molar-refractivity contribution in [3.05, 3.63) is 48.4 Å². The van der Waals surface area contributed by atoms with Crippen LogP contribution in [0.2, 0.25) is 0 Å². The fourth-order valence-electron chi connectivity index (χ4n) is 1.94. The molecule has 0 unspecified atom stereocenters. The molecule has 0 aliphatic heterocycles. The highest BCUT2D eigenvalue weighted by Crippen LogP contribution is 2.25. The van der Waals surface area contributed by atoms with E-state index in [2.05, 4.69) is 15.3 Å². The minimum atomic E-state index is -0.889. The first-order chi connectivity index (χ1) is 10.6. The summed E-state index contributed by atoms with van der Waals surface area (Å²) < 4.78 is 33.9. The van der Waals surface area contributed by atoms with Crippen LogP contribution in [0.1, 0.15) is 0 Å². The van der Waals surface area contributed by atoms with Crippen molar-refractivity contribution in [3.8, 4) is 22.7 Å². The molecule has 1 aromatic carbocycles. The summed E-state index contributed by atoms with van der Waals surface area (Å²) >= 11 is 0. The number of nitrogen functional groups attached to an aromatic ring is 1. The van der Waals surface area contributed by atoms with Gasteiger partial charge >= 0.3 is 0 Å². The maximum absolute atomic E-state index is 14.0. The Morgan fingerprint density at radius 3 is 2.82 bits per heavy atom. The van der Waals surface area contributed by atoms with Crippen LogP contribution in [0.5, 0.6) is 5.75 Å². The van der Waals surface area contributed by atoms with E-state index in [4.69, 9.17) is 10.5 Å². The minimum absolute atomic E-state index is 0.170. The SMILES string of the molecule is COc1cncc(-c2cn(-c3c(F)ccc(N)c3F)nn2)c1. The molecular formula is C14H11F2N5O. The van der Waals surface area contributed by atoms with Gasteiger partial charge in [-0.1, -0.05) is 5.21 Å². The van der Waals surface area contributed by atoms with Gasteiger partial charge in [-0.25, -0.2) is 13.5 Å². The van der Waals surface area contributed by atoms with Crippen molar-refractivity contribution in [2.75, 3.05) is 12.8 Å². The van der Waals surface area contributed by atoms with Crippen molar-refractivity contribution in [1.29, 1.82) is 0 Å². The molecule has 0 radical (unpaired) electrons. The zero-order valence-corrected chi connectivity index (χ0v) is 11.5. The van der Waals surface area contributed by atoms with Crippen molar-refractivity contribution in [2.45, 2.75) is 0 Å². The maximum Gasteiger partial charge on any atom is 0.174 e. The fourth-order valence-corrected chi connectivity index (χ4v) is 1.94. The van der Waals surface area contributed by atoms with Gasteiger partial charge in [0.15, 0.2) is 11.6 Å². The second-order valence-corrected chi connectivity index (χ2v) is 4.46. The Morgan fingerprint density at radius 1 is 1.23 bits per heavy atom. The van der Waals surface area contributed by atoms with E-state index in [-0.39, 0.29) is 11.4 Å². The van der Waals surface area contributed by atoms with Crippen LogP contribution in [0.4, 0.5) is 14.5 Å². The normalized spacial score (nSPS) is 10.7. The Kier molecular flexibility index (Phi) is 3.42. The van der Waals surface area contributed by atoms with E-state index in [0.29, 0.717) is 17.0 Å². The molecule has 0 spiro atoms. The summed E-state index contributed by atoms with van der Waals surface area (Å²) in [5, 5.41) is 7.64. The molecule has 2 N–H and O–H groups in total. The smallest absolute Gasteiger partial charge is 0.174 e. The molecule has 0 saturated heterocycles. The first-order valence-corrected chi connectivity index (χ1v) is 6.25. The zero-order valence-electron chi connectivity index (χ0n) is 11.5. The van der Waals surface area contributed by atoms with Crippen LogP contribution in [0, 0.1) is 11.6 Å². The van der Waals surface area contributed by atoms with Gasteiger partial charge in [-0.2, -0.15) is 0 Å². The van der Waals surface area contributed by atoms with Crippen molar-refractivity contribution in [3.63, 3.8) is 0 Å². The van der Waals surface area contributed by atoms with Crippen molar-refractivity contribution in [1.82, 2.24) is 20.0 Å². The Hall–Kier alpha value is -3.03. The molecule has 0 bridgehead atoms. The second-order valence-electron chi connectivity index (χ2n) is 4.46. The van der Waals surface area contributed by atoms with E-state index in [1.165, 1.54) is 19.5 Å². The number of anilines is 1. The summed E-state index contributed by atoms with van der Waals surface area (Å²) in [5.41, 5.74) is 5.91. The van der Waals surface area contributed by atoms with Gasteiger partial charge in [0.1, 0.15) is 17.1 Å². The molecule has 0 amide bonds. The Bertz CT molecular complexity index is 834. The number of rotatable bonds is 3.